The second-order valence-corrected chi connectivity index (χ2v) is 7.59. The SMILES string of the molecule is CCCC(CCC)C(=O)Nc1c(C(=O)Nc2ccc3c(c2)OCO3)oc2ccccc12. The number of nitrogens with one attached hydrogen (secondary N) is 2. The molecule has 0 spiro atoms. The number of ether oxygens (including phenoxy) is 2. The van der Waals surface area contributed by atoms with E-state index in [1.54, 1.807) is 24.3 Å². The molecule has 7 nitrogen and oxygen atoms in total. The van der Waals surface area contributed by atoms with Gasteiger partial charge in [0, 0.05) is 23.1 Å². The summed E-state index contributed by atoms with van der Waals surface area (Å²) in [6.07, 6.45) is 3.44. The van der Waals surface area contributed by atoms with E-state index in [9.17, 15) is 9.59 Å². The van der Waals surface area contributed by atoms with Crippen LogP contribution in [0.2, 0.25) is 0 Å². The molecule has 0 fully saturated rings. The Kier molecular flexibility index (Phi) is 6.11. The minimum Gasteiger partial charge on any atom is -0.454 e. The molecule has 2 heterocycles. The first-order valence-corrected chi connectivity index (χ1v) is 10.6. The molecular formula is C24H26N2O5. The van der Waals surface area contributed by atoms with Crippen LogP contribution in [-0.4, -0.2) is 18.6 Å². The van der Waals surface area contributed by atoms with Crippen LogP contribution in [0.15, 0.2) is 46.9 Å². The average molecular weight is 422 g/mol. The van der Waals surface area contributed by atoms with Gasteiger partial charge in [-0.15, -0.1) is 0 Å². The fourth-order valence-electron chi connectivity index (χ4n) is 3.82. The molecule has 0 bridgehead atoms. The van der Waals surface area contributed by atoms with Crippen molar-refractivity contribution in [3.05, 3.63) is 48.2 Å². The summed E-state index contributed by atoms with van der Waals surface area (Å²) >= 11 is 0. The smallest absolute Gasteiger partial charge is 0.293 e. The lowest BCUT2D eigenvalue weighted by atomic mass is 9.97. The van der Waals surface area contributed by atoms with Gasteiger partial charge in [0.15, 0.2) is 11.5 Å². The second-order valence-electron chi connectivity index (χ2n) is 7.59. The molecule has 1 aliphatic heterocycles. The van der Waals surface area contributed by atoms with E-state index in [-0.39, 0.29) is 24.4 Å². The summed E-state index contributed by atoms with van der Waals surface area (Å²) in [6, 6.07) is 12.4. The lowest BCUT2D eigenvalue weighted by Crippen LogP contribution is -2.24. The minimum atomic E-state index is -0.451. The van der Waals surface area contributed by atoms with E-state index in [1.165, 1.54) is 0 Å². The molecule has 0 saturated heterocycles. The van der Waals surface area contributed by atoms with Crippen molar-refractivity contribution in [1.29, 1.82) is 0 Å². The van der Waals surface area contributed by atoms with Crippen LogP contribution in [0.3, 0.4) is 0 Å². The highest BCUT2D eigenvalue weighted by molar-refractivity contribution is 6.14. The van der Waals surface area contributed by atoms with E-state index in [0.29, 0.717) is 33.8 Å². The third kappa shape index (κ3) is 4.35. The van der Waals surface area contributed by atoms with Crippen molar-refractivity contribution in [1.82, 2.24) is 0 Å². The summed E-state index contributed by atoms with van der Waals surface area (Å²) < 4.78 is 16.5. The predicted molar refractivity (Wildman–Crippen MR) is 119 cm³/mol. The van der Waals surface area contributed by atoms with Crippen molar-refractivity contribution < 1.29 is 23.5 Å². The van der Waals surface area contributed by atoms with E-state index in [2.05, 4.69) is 24.5 Å². The molecule has 0 aliphatic carbocycles. The molecule has 2 amide bonds. The molecule has 162 valence electrons. The molecule has 1 aromatic heterocycles. The molecule has 0 radical (unpaired) electrons. The van der Waals surface area contributed by atoms with Gasteiger partial charge in [0.1, 0.15) is 11.3 Å². The van der Waals surface area contributed by atoms with E-state index in [1.807, 2.05) is 18.2 Å². The molecule has 3 aromatic rings. The van der Waals surface area contributed by atoms with Crippen molar-refractivity contribution >= 4 is 34.2 Å². The van der Waals surface area contributed by atoms with E-state index in [0.717, 1.165) is 25.7 Å². The summed E-state index contributed by atoms with van der Waals surface area (Å²) in [7, 11) is 0. The molecule has 31 heavy (non-hydrogen) atoms. The maximum absolute atomic E-state index is 13.1. The van der Waals surface area contributed by atoms with Crippen molar-refractivity contribution in [3.8, 4) is 11.5 Å². The largest absolute Gasteiger partial charge is 0.454 e. The molecule has 2 N–H and O–H groups in total. The second kappa shape index (κ2) is 9.12. The van der Waals surface area contributed by atoms with Crippen LogP contribution in [0.5, 0.6) is 11.5 Å². The Balaban J connectivity index is 1.62. The van der Waals surface area contributed by atoms with Gasteiger partial charge in [0.25, 0.3) is 5.91 Å². The zero-order valence-corrected chi connectivity index (χ0v) is 17.7. The van der Waals surface area contributed by atoms with Crippen LogP contribution >= 0.6 is 0 Å². The minimum absolute atomic E-state index is 0.0685. The first-order chi connectivity index (χ1) is 15.1. The number of furan rings is 1. The Morgan fingerprint density at radius 2 is 1.71 bits per heavy atom. The van der Waals surface area contributed by atoms with Gasteiger partial charge in [0.05, 0.1) is 0 Å². The number of rotatable bonds is 8. The van der Waals surface area contributed by atoms with Crippen LogP contribution < -0.4 is 20.1 Å². The fourth-order valence-corrected chi connectivity index (χ4v) is 3.82. The Bertz CT molecular complexity index is 1100. The number of para-hydroxylation sites is 1. The zero-order valence-electron chi connectivity index (χ0n) is 17.7. The molecule has 0 unspecified atom stereocenters. The van der Waals surface area contributed by atoms with Crippen molar-refractivity contribution in [2.75, 3.05) is 17.4 Å². The quantitative estimate of drug-likeness (QED) is 0.495. The van der Waals surface area contributed by atoms with Gasteiger partial charge in [-0.3, -0.25) is 9.59 Å². The molecule has 7 heteroatoms. The maximum atomic E-state index is 13.1. The van der Waals surface area contributed by atoms with Gasteiger partial charge in [-0.1, -0.05) is 38.8 Å². The lowest BCUT2D eigenvalue weighted by molar-refractivity contribution is -0.120. The maximum Gasteiger partial charge on any atom is 0.293 e. The van der Waals surface area contributed by atoms with Gasteiger partial charge < -0.3 is 24.5 Å². The Morgan fingerprint density at radius 3 is 2.48 bits per heavy atom. The number of hydrogen-bond donors (Lipinski definition) is 2. The van der Waals surface area contributed by atoms with Gasteiger partial charge in [-0.25, -0.2) is 0 Å². The highest BCUT2D eigenvalue weighted by Crippen LogP contribution is 2.36. The summed E-state index contributed by atoms with van der Waals surface area (Å²) in [5, 5.41) is 6.49. The van der Waals surface area contributed by atoms with Gasteiger partial charge >= 0.3 is 0 Å². The summed E-state index contributed by atoms with van der Waals surface area (Å²) in [5.41, 5.74) is 1.48. The molecule has 2 aromatic carbocycles. The third-order valence-corrected chi connectivity index (χ3v) is 5.33. The van der Waals surface area contributed by atoms with Gasteiger partial charge in [-0.05, 0) is 37.1 Å². The number of amides is 2. The number of carbonyl (C=O) groups excluding carboxylic acids is 2. The predicted octanol–water partition coefficient (Wildman–Crippen LogP) is 5.57. The Hall–Kier alpha value is -3.48. The van der Waals surface area contributed by atoms with Crippen LogP contribution in [0.25, 0.3) is 11.0 Å². The van der Waals surface area contributed by atoms with Gasteiger partial charge in [0.2, 0.25) is 18.5 Å². The highest BCUT2D eigenvalue weighted by Gasteiger charge is 2.25. The van der Waals surface area contributed by atoms with Crippen molar-refractivity contribution in [3.63, 3.8) is 0 Å². The van der Waals surface area contributed by atoms with Crippen LogP contribution in [0.4, 0.5) is 11.4 Å². The Labute approximate surface area is 180 Å². The monoisotopic (exact) mass is 422 g/mol. The average Bonchev–Trinajstić information content (AvgIpc) is 3.38. The number of benzene rings is 2. The lowest BCUT2D eigenvalue weighted by Gasteiger charge is -2.15. The Morgan fingerprint density at radius 1 is 0.968 bits per heavy atom. The fraction of sp³-hybridized carbons (Fsp3) is 0.333. The molecule has 0 saturated carbocycles. The molecular weight excluding hydrogens is 396 g/mol. The zero-order chi connectivity index (χ0) is 21.8. The number of hydrogen-bond acceptors (Lipinski definition) is 5. The molecule has 1 aliphatic rings. The van der Waals surface area contributed by atoms with Crippen molar-refractivity contribution in [2.24, 2.45) is 5.92 Å². The van der Waals surface area contributed by atoms with Crippen LogP contribution in [-0.2, 0) is 4.79 Å². The van der Waals surface area contributed by atoms with Crippen molar-refractivity contribution in [2.45, 2.75) is 39.5 Å². The van der Waals surface area contributed by atoms with Crippen LogP contribution in [0, 0.1) is 5.92 Å². The standard InChI is InChI=1S/C24H26N2O5/c1-3-7-15(8-4-2)23(27)26-21-17-9-5-6-10-18(17)31-22(21)24(28)25-16-11-12-19-20(13-16)30-14-29-19/h5-6,9-13,15H,3-4,7-8,14H2,1-2H3,(H,25,28)(H,26,27). The summed E-state index contributed by atoms with van der Waals surface area (Å²) in [6.45, 7) is 4.28. The van der Waals surface area contributed by atoms with E-state index >= 15 is 0 Å². The third-order valence-electron chi connectivity index (χ3n) is 5.33. The number of anilines is 2. The normalized spacial score (nSPS) is 12.4. The number of fused-ring (bicyclic) bond motifs is 2. The first kappa shape index (κ1) is 20.8. The first-order valence-electron chi connectivity index (χ1n) is 10.6. The number of carbonyl (C=O) groups is 2. The summed E-state index contributed by atoms with van der Waals surface area (Å²) in [5.74, 6) is 0.623. The van der Waals surface area contributed by atoms with Gasteiger partial charge in [-0.2, -0.15) is 0 Å². The van der Waals surface area contributed by atoms with E-state index < -0.39 is 5.91 Å². The molecule has 0 atom stereocenters. The van der Waals surface area contributed by atoms with E-state index in [4.69, 9.17) is 13.9 Å². The molecule has 4 rings (SSSR count). The highest BCUT2D eigenvalue weighted by atomic mass is 16.7. The van der Waals surface area contributed by atoms with Crippen LogP contribution in [0.1, 0.15) is 50.1 Å². The summed E-state index contributed by atoms with van der Waals surface area (Å²) in [4.78, 5) is 26.1. The topological polar surface area (TPSA) is 89.8 Å².